The summed E-state index contributed by atoms with van der Waals surface area (Å²) in [5, 5.41) is 0. The lowest BCUT2D eigenvalue weighted by atomic mass is 10.1. The van der Waals surface area contributed by atoms with Gasteiger partial charge >= 0.3 is 0 Å². The maximum Gasteiger partial charge on any atom is 0.282 e. The van der Waals surface area contributed by atoms with Crippen LogP contribution in [0, 0.1) is 6.92 Å². The zero-order valence-electron chi connectivity index (χ0n) is 15.7. The molecule has 0 heterocycles. The normalized spacial score (nSPS) is 11.5. The van der Waals surface area contributed by atoms with Crippen LogP contribution in [-0.2, 0) is 16.6 Å². The summed E-state index contributed by atoms with van der Waals surface area (Å²) < 4.78 is 39.6. The van der Waals surface area contributed by atoms with Gasteiger partial charge in [-0.3, -0.25) is 0 Å². The first-order valence-corrected chi connectivity index (χ1v) is 10.1. The molecule has 3 aromatic carbocycles. The quantitative estimate of drug-likeness (QED) is 0.557. The van der Waals surface area contributed by atoms with Crippen LogP contribution in [0.2, 0.25) is 0 Å². The second-order valence-corrected chi connectivity index (χ2v) is 7.84. The Morgan fingerprint density at radius 3 is 2.32 bits per heavy atom. The fourth-order valence-electron chi connectivity index (χ4n) is 2.52. The molecule has 0 aliphatic rings. The predicted molar refractivity (Wildman–Crippen MR) is 110 cm³/mol. The number of aryl methyl sites for hydroxylation is 1. The smallest absolute Gasteiger partial charge is 0.282 e. The van der Waals surface area contributed by atoms with E-state index in [0.29, 0.717) is 23.7 Å². The minimum absolute atomic E-state index is 0.149. The van der Waals surface area contributed by atoms with Crippen molar-refractivity contribution in [1.29, 1.82) is 0 Å². The highest BCUT2D eigenvalue weighted by Gasteiger charge is 2.11. The molecule has 5 nitrogen and oxygen atoms in total. The van der Waals surface area contributed by atoms with E-state index in [9.17, 15) is 8.42 Å². The molecule has 6 heteroatoms. The number of sulfonamides is 1. The van der Waals surface area contributed by atoms with Gasteiger partial charge < -0.3 is 9.47 Å². The highest BCUT2D eigenvalue weighted by Crippen LogP contribution is 2.28. The largest absolute Gasteiger partial charge is 0.493 e. The van der Waals surface area contributed by atoms with E-state index in [2.05, 4.69) is 4.40 Å². The fraction of sp³-hybridized carbons (Fsp3) is 0.136. The zero-order valence-corrected chi connectivity index (χ0v) is 16.5. The van der Waals surface area contributed by atoms with Gasteiger partial charge in [0.1, 0.15) is 6.61 Å². The lowest BCUT2D eigenvalue weighted by Crippen LogP contribution is -2.00. The average Bonchev–Trinajstić information content (AvgIpc) is 2.72. The highest BCUT2D eigenvalue weighted by molar-refractivity contribution is 7.90. The van der Waals surface area contributed by atoms with Crippen LogP contribution in [0.3, 0.4) is 0 Å². The predicted octanol–water partition coefficient (Wildman–Crippen LogP) is 4.39. The van der Waals surface area contributed by atoms with Crippen molar-refractivity contribution in [2.24, 2.45) is 4.40 Å². The molecule has 144 valence electrons. The highest BCUT2D eigenvalue weighted by atomic mass is 32.2. The molecule has 0 radical (unpaired) electrons. The third-order valence-corrected chi connectivity index (χ3v) is 5.34. The molecule has 0 amide bonds. The van der Waals surface area contributed by atoms with Gasteiger partial charge in [0, 0.05) is 6.21 Å². The van der Waals surface area contributed by atoms with Crippen molar-refractivity contribution >= 4 is 16.2 Å². The van der Waals surface area contributed by atoms with Crippen LogP contribution in [-0.4, -0.2) is 21.7 Å². The minimum Gasteiger partial charge on any atom is -0.493 e. The number of methoxy groups -OCH3 is 1. The Hall–Kier alpha value is -3.12. The van der Waals surface area contributed by atoms with E-state index in [0.717, 1.165) is 5.56 Å². The van der Waals surface area contributed by atoms with E-state index in [1.165, 1.54) is 23.9 Å². The minimum atomic E-state index is -3.75. The second kappa shape index (κ2) is 8.71. The number of hydrogen-bond donors (Lipinski definition) is 0. The lowest BCUT2D eigenvalue weighted by Gasteiger charge is -2.11. The van der Waals surface area contributed by atoms with Crippen molar-refractivity contribution < 1.29 is 17.9 Å². The Morgan fingerprint density at radius 2 is 1.64 bits per heavy atom. The van der Waals surface area contributed by atoms with Gasteiger partial charge in [-0.1, -0.05) is 48.0 Å². The molecule has 0 aromatic heterocycles. The molecule has 0 fully saturated rings. The van der Waals surface area contributed by atoms with Crippen molar-refractivity contribution in [2.75, 3.05) is 7.11 Å². The molecule has 0 saturated carbocycles. The van der Waals surface area contributed by atoms with Gasteiger partial charge in [-0.2, -0.15) is 12.8 Å². The Morgan fingerprint density at radius 1 is 0.929 bits per heavy atom. The van der Waals surface area contributed by atoms with Crippen molar-refractivity contribution in [2.45, 2.75) is 18.4 Å². The molecule has 0 spiro atoms. The standard InChI is InChI=1S/C22H21NO4S/c1-17-8-10-18(11-9-17)16-27-22-14-19(12-13-21(22)26-2)15-23-28(24,25)20-6-4-3-5-7-20/h3-15H,16H2,1-2H3/b23-15-. The Bertz CT molecular complexity index is 1060. The number of nitrogens with zero attached hydrogens (tertiary/aromatic N) is 1. The van der Waals surface area contributed by atoms with Crippen molar-refractivity contribution in [1.82, 2.24) is 0 Å². The van der Waals surface area contributed by atoms with E-state index >= 15 is 0 Å². The monoisotopic (exact) mass is 395 g/mol. The van der Waals surface area contributed by atoms with Gasteiger partial charge in [-0.25, -0.2) is 0 Å². The van der Waals surface area contributed by atoms with Crippen LogP contribution >= 0.6 is 0 Å². The van der Waals surface area contributed by atoms with E-state index in [1.807, 2.05) is 31.2 Å². The molecule has 0 aliphatic heterocycles. The van der Waals surface area contributed by atoms with E-state index < -0.39 is 10.0 Å². The topological polar surface area (TPSA) is 65.0 Å². The Kier molecular flexibility index (Phi) is 6.11. The third kappa shape index (κ3) is 4.98. The Labute approximate surface area is 165 Å². The summed E-state index contributed by atoms with van der Waals surface area (Å²) in [6.07, 6.45) is 1.31. The molecule has 0 bridgehead atoms. The summed E-state index contributed by atoms with van der Waals surface area (Å²) >= 11 is 0. The second-order valence-electron chi connectivity index (χ2n) is 6.21. The summed E-state index contributed by atoms with van der Waals surface area (Å²) in [7, 11) is -2.19. The number of hydrogen-bond acceptors (Lipinski definition) is 4. The van der Waals surface area contributed by atoms with Gasteiger partial charge in [0.2, 0.25) is 0 Å². The van der Waals surface area contributed by atoms with Crippen molar-refractivity contribution in [3.63, 3.8) is 0 Å². The molecule has 0 unspecified atom stereocenters. The molecule has 0 atom stereocenters. The summed E-state index contributed by atoms with van der Waals surface area (Å²) in [5.74, 6) is 1.08. The van der Waals surface area contributed by atoms with Gasteiger partial charge in [0.15, 0.2) is 11.5 Å². The molecule has 28 heavy (non-hydrogen) atoms. The molecular weight excluding hydrogens is 374 g/mol. The molecule has 3 rings (SSSR count). The number of ether oxygens (including phenoxy) is 2. The Balaban J connectivity index is 1.79. The maximum absolute atomic E-state index is 12.3. The fourth-order valence-corrected chi connectivity index (χ4v) is 3.40. The van der Waals surface area contributed by atoms with Crippen LogP contribution in [0.25, 0.3) is 0 Å². The van der Waals surface area contributed by atoms with Crippen LogP contribution < -0.4 is 9.47 Å². The molecular formula is C22H21NO4S. The van der Waals surface area contributed by atoms with E-state index in [-0.39, 0.29) is 4.90 Å². The van der Waals surface area contributed by atoms with Gasteiger partial charge in [-0.15, -0.1) is 0 Å². The van der Waals surface area contributed by atoms with Gasteiger partial charge in [0.25, 0.3) is 10.0 Å². The van der Waals surface area contributed by atoms with Crippen LogP contribution in [0.4, 0.5) is 0 Å². The van der Waals surface area contributed by atoms with Crippen molar-refractivity contribution in [3.05, 3.63) is 89.5 Å². The maximum atomic E-state index is 12.3. The summed E-state index contributed by atoms with van der Waals surface area (Å²) in [6.45, 7) is 2.40. The van der Waals surface area contributed by atoms with Gasteiger partial charge in [-0.05, 0) is 48.4 Å². The lowest BCUT2D eigenvalue weighted by molar-refractivity contribution is 0.284. The first-order chi connectivity index (χ1) is 13.5. The van der Waals surface area contributed by atoms with Crippen LogP contribution in [0.5, 0.6) is 11.5 Å². The third-order valence-electron chi connectivity index (χ3n) is 4.08. The van der Waals surface area contributed by atoms with Crippen LogP contribution in [0.1, 0.15) is 16.7 Å². The summed E-state index contributed by atoms with van der Waals surface area (Å²) in [5.41, 5.74) is 2.80. The average molecular weight is 395 g/mol. The van der Waals surface area contributed by atoms with E-state index in [1.54, 1.807) is 43.5 Å². The number of rotatable bonds is 7. The molecule has 0 N–H and O–H groups in total. The molecule has 0 saturated heterocycles. The molecule has 0 aliphatic carbocycles. The van der Waals surface area contributed by atoms with E-state index in [4.69, 9.17) is 9.47 Å². The summed E-state index contributed by atoms with van der Waals surface area (Å²) in [4.78, 5) is 0.149. The number of benzene rings is 3. The first kappa shape index (κ1) is 19.6. The first-order valence-electron chi connectivity index (χ1n) is 8.70. The zero-order chi connectivity index (χ0) is 20.0. The van der Waals surface area contributed by atoms with Crippen molar-refractivity contribution in [3.8, 4) is 11.5 Å². The van der Waals surface area contributed by atoms with Crippen LogP contribution in [0.15, 0.2) is 82.1 Å². The SMILES string of the molecule is COc1ccc(/C=N\S(=O)(=O)c2ccccc2)cc1OCc1ccc(C)cc1. The summed E-state index contributed by atoms with van der Waals surface area (Å²) in [6, 6.07) is 21.3. The molecule has 3 aromatic rings. The van der Waals surface area contributed by atoms with Gasteiger partial charge in [0.05, 0.1) is 12.0 Å².